The zero-order valence-corrected chi connectivity index (χ0v) is 14.2. The number of fused-ring (bicyclic) bond motifs is 1. The Morgan fingerprint density at radius 2 is 1.95 bits per heavy atom. The Kier molecular flexibility index (Phi) is 3.46. The van der Waals surface area contributed by atoms with E-state index in [1.807, 2.05) is 0 Å². The van der Waals surface area contributed by atoms with Gasteiger partial charge in [0.05, 0.1) is 0 Å². The van der Waals surface area contributed by atoms with Crippen LogP contribution >= 0.6 is 0 Å². The Labute approximate surface area is 124 Å². The summed E-state index contributed by atoms with van der Waals surface area (Å²) in [5, 5.41) is 1.77. The number of hydrogen-bond donors (Lipinski definition) is 0. The topological polar surface area (TPSA) is 0 Å². The molecule has 0 spiro atoms. The van der Waals surface area contributed by atoms with E-state index in [1.165, 1.54) is 12.0 Å². The van der Waals surface area contributed by atoms with Gasteiger partial charge in [-0.1, -0.05) is 0 Å². The van der Waals surface area contributed by atoms with E-state index < -0.39 is 8.07 Å². The van der Waals surface area contributed by atoms with Crippen molar-refractivity contribution in [3.8, 4) is 0 Å². The molecular formula is C17H20SiV. The zero-order chi connectivity index (χ0) is 13.5. The summed E-state index contributed by atoms with van der Waals surface area (Å²) in [6.45, 7) is 7.46. The van der Waals surface area contributed by atoms with Crippen LogP contribution in [0.5, 0.6) is 0 Å². The maximum absolute atomic E-state index is 2.50. The summed E-state index contributed by atoms with van der Waals surface area (Å²) in [4.78, 5) is 0. The van der Waals surface area contributed by atoms with Crippen molar-refractivity contribution in [2.75, 3.05) is 0 Å². The number of hydrogen-bond acceptors (Lipinski definition) is 0. The molecule has 3 rings (SSSR count). The fourth-order valence-electron chi connectivity index (χ4n) is 2.77. The predicted molar refractivity (Wildman–Crippen MR) is 82.3 cm³/mol. The normalized spacial score (nSPS) is 21.1. The van der Waals surface area contributed by atoms with Gasteiger partial charge in [-0.05, 0) is 0 Å². The molecule has 0 radical (unpaired) electrons. The van der Waals surface area contributed by atoms with Gasteiger partial charge in [-0.3, -0.25) is 0 Å². The van der Waals surface area contributed by atoms with Crippen LogP contribution in [0.1, 0.15) is 22.2 Å². The molecule has 0 amide bonds. The second-order valence-electron chi connectivity index (χ2n) is 6.30. The monoisotopic (exact) mass is 303 g/mol. The molecule has 97 valence electrons. The molecule has 1 aromatic carbocycles. The molecule has 19 heavy (non-hydrogen) atoms. The second kappa shape index (κ2) is 4.97. The first-order valence-electron chi connectivity index (χ1n) is 6.93. The molecule has 1 unspecified atom stereocenters. The van der Waals surface area contributed by atoms with Crippen molar-refractivity contribution in [1.82, 2.24) is 0 Å². The Hall–Kier alpha value is -0.759. The van der Waals surface area contributed by atoms with Gasteiger partial charge in [0.25, 0.3) is 0 Å². The molecule has 0 nitrogen and oxygen atoms in total. The van der Waals surface area contributed by atoms with Gasteiger partial charge in [-0.25, -0.2) is 0 Å². The first-order valence-corrected chi connectivity index (χ1v) is 11.9. The summed E-state index contributed by atoms with van der Waals surface area (Å²) >= 11 is 0.253. The van der Waals surface area contributed by atoms with Crippen molar-refractivity contribution in [1.29, 1.82) is 0 Å². The summed E-state index contributed by atoms with van der Waals surface area (Å²) in [5.74, 6) is 0. The average molecular weight is 303 g/mol. The SMILES string of the molecule is C[Si](C)(C)C1=Cc2ccccc2[CH]1[V][C]1=CC=CC1. The van der Waals surface area contributed by atoms with Crippen molar-refractivity contribution in [3.05, 3.63) is 63.1 Å². The second-order valence-corrected chi connectivity index (χ2v) is 13.5. The van der Waals surface area contributed by atoms with Crippen molar-refractivity contribution >= 4 is 14.1 Å². The molecule has 0 N–H and O–H groups in total. The first-order chi connectivity index (χ1) is 9.05. The number of benzene rings is 1. The van der Waals surface area contributed by atoms with Gasteiger partial charge in [0.15, 0.2) is 0 Å². The van der Waals surface area contributed by atoms with Crippen LogP contribution in [0.15, 0.2) is 52.0 Å². The van der Waals surface area contributed by atoms with Gasteiger partial charge in [0.2, 0.25) is 0 Å². The minimum absolute atomic E-state index is 0.253. The Balaban J connectivity index is 1.96. The molecule has 0 aromatic heterocycles. The average Bonchev–Trinajstić information content (AvgIpc) is 2.97. The van der Waals surface area contributed by atoms with Crippen molar-refractivity contribution in [2.45, 2.75) is 30.7 Å². The summed E-state index contributed by atoms with van der Waals surface area (Å²) < 4.78 is 2.41. The summed E-state index contributed by atoms with van der Waals surface area (Å²) in [6, 6.07) is 9.02. The van der Waals surface area contributed by atoms with Crippen LogP contribution in [0.2, 0.25) is 19.6 Å². The van der Waals surface area contributed by atoms with Crippen LogP contribution in [0.3, 0.4) is 0 Å². The first kappa shape index (κ1) is 13.2. The summed E-state index contributed by atoms with van der Waals surface area (Å²) in [7, 11) is -1.22. The van der Waals surface area contributed by atoms with E-state index in [9.17, 15) is 0 Å². The molecular weight excluding hydrogens is 283 g/mol. The van der Waals surface area contributed by atoms with Gasteiger partial charge in [0.1, 0.15) is 0 Å². The molecule has 0 saturated heterocycles. The molecule has 2 aliphatic carbocycles. The van der Waals surface area contributed by atoms with Crippen LogP contribution in [0.4, 0.5) is 0 Å². The van der Waals surface area contributed by atoms with Crippen LogP contribution < -0.4 is 0 Å². The minimum atomic E-state index is -1.22. The standard InChI is InChI=1S/C12H15Si.C5H5.V/c1-13(2,3)12-8-10-6-4-5-7-11(10)9-12;1-2-4-5-3-1;/h4-9H,1-3H3;1-3H,4H2;. The molecule has 0 fully saturated rings. The van der Waals surface area contributed by atoms with E-state index in [0.29, 0.717) is 0 Å². The Morgan fingerprint density at radius 3 is 2.63 bits per heavy atom. The van der Waals surface area contributed by atoms with Crippen molar-refractivity contribution < 1.29 is 16.3 Å². The van der Waals surface area contributed by atoms with Crippen LogP contribution in [-0.4, -0.2) is 8.07 Å². The molecule has 0 saturated carbocycles. The maximum atomic E-state index is 2.50. The molecule has 0 aliphatic heterocycles. The van der Waals surface area contributed by atoms with Gasteiger partial charge in [-0.2, -0.15) is 0 Å². The molecule has 0 bridgehead atoms. The van der Waals surface area contributed by atoms with E-state index in [4.69, 9.17) is 0 Å². The van der Waals surface area contributed by atoms with Gasteiger partial charge >= 0.3 is 124 Å². The Morgan fingerprint density at radius 1 is 1.16 bits per heavy atom. The van der Waals surface area contributed by atoms with E-state index in [-0.39, 0.29) is 16.3 Å². The van der Waals surface area contributed by atoms with Crippen molar-refractivity contribution in [3.63, 3.8) is 0 Å². The van der Waals surface area contributed by atoms with Crippen LogP contribution in [0, 0.1) is 0 Å². The van der Waals surface area contributed by atoms with E-state index in [2.05, 4.69) is 68.2 Å². The molecule has 2 heteroatoms. The van der Waals surface area contributed by atoms with Gasteiger partial charge in [-0.15, -0.1) is 0 Å². The molecule has 2 aliphatic rings. The summed E-state index contributed by atoms with van der Waals surface area (Å²) in [5.41, 5.74) is 3.07. The molecule has 1 atom stereocenters. The summed E-state index contributed by atoms with van der Waals surface area (Å²) in [6.07, 6.45) is 10.6. The van der Waals surface area contributed by atoms with E-state index >= 15 is 0 Å². The van der Waals surface area contributed by atoms with Gasteiger partial charge in [0, 0.05) is 0 Å². The van der Waals surface area contributed by atoms with Crippen molar-refractivity contribution in [2.24, 2.45) is 0 Å². The third-order valence-electron chi connectivity index (χ3n) is 3.81. The van der Waals surface area contributed by atoms with Crippen LogP contribution in [-0.2, 0) is 16.3 Å². The Bertz CT molecular complexity index is 588. The quantitative estimate of drug-likeness (QED) is 0.695. The zero-order valence-electron chi connectivity index (χ0n) is 11.9. The van der Waals surface area contributed by atoms with E-state index in [0.717, 1.165) is 4.63 Å². The number of allylic oxidation sites excluding steroid dienone is 5. The van der Waals surface area contributed by atoms with Gasteiger partial charge < -0.3 is 0 Å². The predicted octanol–water partition coefficient (Wildman–Crippen LogP) is 4.93. The molecule has 0 heterocycles. The third kappa shape index (κ3) is 2.60. The van der Waals surface area contributed by atoms with Crippen LogP contribution in [0.25, 0.3) is 6.08 Å². The van der Waals surface area contributed by atoms with E-state index in [1.54, 1.807) is 15.0 Å². The third-order valence-corrected chi connectivity index (χ3v) is 8.67. The fraction of sp³-hybridized carbons (Fsp3) is 0.294. The fourth-order valence-corrected chi connectivity index (χ4v) is 8.45. The molecule has 1 aromatic rings. The number of rotatable bonds is 3.